The Morgan fingerprint density at radius 3 is 2.78 bits per heavy atom. The van der Waals surface area contributed by atoms with E-state index in [9.17, 15) is 0 Å². The summed E-state index contributed by atoms with van der Waals surface area (Å²) >= 11 is 0. The molecule has 0 aromatic rings. The molecule has 0 aliphatic heterocycles. The molecule has 1 rings (SSSR count). The van der Waals surface area contributed by atoms with Crippen molar-refractivity contribution in [2.75, 3.05) is 0 Å². The van der Waals surface area contributed by atoms with Crippen molar-refractivity contribution in [3.8, 4) is 0 Å². The quantitative estimate of drug-likeness (QED) is 0.494. The Labute approximate surface area is 58.4 Å². The highest BCUT2D eigenvalue weighted by Crippen LogP contribution is 2.25. The molecule has 1 heteroatoms. The third-order valence-corrected chi connectivity index (χ3v) is 1.89. The minimum absolute atomic E-state index is 0. The maximum atomic E-state index is 5.75. The zero-order chi connectivity index (χ0) is 6.85. The van der Waals surface area contributed by atoms with Gasteiger partial charge in [-0.05, 0) is 25.2 Å². The molecule has 0 saturated heterocycles. The molecule has 54 valence electrons. The van der Waals surface area contributed by atoms with E-state index in [0.29, 0.717) is 6.04 Å². The monoisotopic (exact) mass is 127 g/mol. The molecular formula is C8H17N. The van der Waals surface area contributed by atoms with Gasteiger partial charge in [-0.1, -0.05) is 19.1 Å². The third kappa shape index (κ3) is 1.83. The number of nitrogens with two attached hydrogens (primary N) is 1. The first-order valence-corrected chi connectivity index (χ1v) is 3.60. The summed E-state index contributed by atoms with van der Waals surface area (Å²) in [5.74, 6) is 0.765. The Morgan fingerprint density at radius 2 is 2.33 bits per heavy atom. The number of hydrogen-bond donors (Lipinski definition) is 1. The molecule has 2 N–H and O–H groups in total. The van der Waals surface area contributed by atoms with Crippen LogP contribution in [-0.4, -0.2) is 6.04 Å². The van der Waals surface area contributed by atoms with Gasteiger partial charge in [-0.2, -0.15) is 0 Å². The van der Waals surface area contributed by atoms with Gasteiger partial charge < -0.3 is 5.73 Å². The summed E-state index contributed by atoms with van der Waals surface area (Å²) in [7, 11) is 0. The molecular weight excluding hydrogens is 110 g/mol. The molecule has 9 heavy (non-hydrogen) atoms. The van der Waals surface area contributed by atoms with Crippen LogP contribution >= 0.6 is 0 Å². The van der Waals surface area contributed by atoms with Gasteiger partial charge in [0, 0.05) is 7.47 Å². The fourth-order valence-corrected chi connectivity index (χ4v) is 1.63. The molecule has 0 aromatic heterocycles. The SMILES string of the molecule is C=C1CC(C)CC(N)C1.[HH]. The van der Waals surface area contributed by atoms with Crippen LogP contribution in [0.15, 0.2) is 12.2 Å². The molecule has 1 aliphatic rings. The molecule has 2 atom stereocenters. The Balaban J connectivity index is 0.000000810. The van der Waals surface area contributed by atoms with Crippen LogP contribution in [0.2, 0.25) is 0 Å². The maximum absolute atomic E-state index is 5.75. The Bertz CT molecular complexity index is 110. The molecule has 0 bridgehead atoms. The van der Waals surface area contributed by atoms with E-state index in [1.54, 1.807) is 0 Å². The highest BCUT2D eigenvalue weighted by Gasteiger charge is 2.17. The van der Waals surface area contributed by atoms with Crippen molar-refractivity contribution >= 4 is 0 Å². The highest BCUT2D eigenvalue weighted by atomic mass is 14.6. The van der Waals surface area contributed by atoms with Crippen LogP contribution in [0.1, 0.15) is 27.6 Å². The summed E-state index contributed by atoms with van der Waals surface area (Å²) in [6, 6.07) is 0.390. The molecule has 0 radical (unpaired) electrons. The van der Waals surface area contributed by atoms with Crippen molar-refractivity contribution < 1.29 is 1.43 Å². The largest absolute Gasteiger partial charge is 0.327 e. The molecule has 1 fully saturated rings. The van der Waals surface area contributed by atoms with E-state index < -0.39 is 0 Å². The lowest BCUT2D eigenvalue weighted by molar-refractivity contribution is 0.406. The minimum atomic E-state index is 0. The first-order chi connectivity index (χ1) is 4.18. The molecule has 1 nitrogen and oxygen atoms in total. The zero-order valence-corrected chi connectivity index (χ0v) is 6.06. The molecule has 1 saturated carbocycles. The van der Waals surface area contributed by atoms with E-state index in [1.807, 2.05) is 0 Å². The molecule has 0 aromatic carbocycles. The van der Waals surface area contributed by atoms with Crippen LogP contribution in [0.25, 0.3) is 0 Å². The Morgan fingerprint density at radius 1 is 1.67 bits per heavy atom. The predicted octanol–water partition coefficient (Wildman–Crippen LogP) is 1.94. The van der Waals surface area contributed by atoms with Crippen molar-refractivity contribution in [2.45, 2.75) is 32.2 Å². The molecule has 0 heterocycles. The van der Waals surface area contributed by atoms with Crippen molar-refractivity contribution in [3.05, 3.63) is 12.2 Å². The summed E-state index contributed by atoms with van der Waals surface area (Å²) in [6.45, 7) is 6.18. The lowest BCUT2D eigenvalue weighted by Gasteiger charge is -2.25. The van der Waals surface area contributed by atoms with Crippen molar-refractivity contribution in [3.63, 3.8) is 0 Å². The fourth-order valence-electron chi connectivity index (χ4n) is 1.63. The standard InChI is InChI=1S/C8H15N.H2/c1-6-3-7(2)5-8(9)4-6;/h7-8H,1,3-5,9H2,2H3;1H. The van der Waals surface area contributed by atoms with Crippen molar-refractivity contribution in [2.24, 2.45) is 11.7 Å². The maximum Gasteiger partial charge on any atom is 0.00786 e. The highest BCUT2D eigenvalue weighted by molar-refractivity contribution is 5.02. The van der Waals surface area contributed by atoms with Crippen molar-refractivity contribution in [1.29, 1.82) is 0 Å². The van der Waals surface area contributed by atoms with Crippen molar-refractivity contribution in [1.82, 2.24) is 0 Å². The van der Waals surface area contributed by atoms with Gasteiger partial charge in [0.15, 0.2) is 0 Å². The van der Waals surface area contributed by atoms with E-state index in [4.69, 9.17) is 5.73 Å². The van der Waals surface area contributed by atoms with E-state index in [0.717, 1.165) is 12.3 Å². The molecule has 0 spiro atoms. The summed E-state index contributed by atoms with van der Waals surface area (Å²) < 4.78 is 0. The lowest BCUT2D eigenvalue weighted by Crippen LogP contribution is -2.27. The van der Waals surface area contributed by atoms with E-state index in [-0.39, 0.29) is 1.43 Å². The Kier molecular flexibility index (Phi) is 1.91. The van der Waals surface area contributed by atoms with Crippen LogP contribution in [0.5, 0.6) is 0 Å². The average molecular weight is 127 g/mol. The fraction of sp³-hybridized carbons (Fsp3) is 0.750. The van der Waals surface area contributed by atoms with Crippen LogP contribution in [0.3, 0.4) is 0 Å². The van der Waals surface area contributed by atoms with Gasteiger partial charge in [0.2, 0.25) is 0 Å². The number of hydrogen-bond acceptors (Lipinski definition) is 1. The normalized spacial score (nSPS) is 36.9. The first-order valence-electron chi connectivity index (χ1n) is 3.60. The average Bonchev–Trinajstić information content (AvgIpc) is 1.59. The molecule has 2 unspecified atom stereocenters. The van der Waals surface area contributed by atoms with Gasteiger partial charge in [-0.3, -0.25) is 0 Å². The summed E-state index contributed by atoms with van der Waals surface area (Å²) in [4.78, 5) is 0. The second-order valence-corrected chi connectivity index (χ2v) is 3.26. The summed E-state index contributed by atoms with van der Waals surface area (Å²) in [6.07, 6.45) is 3.41. The Hall–Kier alpha value is -0.300. The van der Waals surface area contributed by atoms with Gasteiger partial charge in [0.05, 0.1) is 0 Å². The van der Waals surface area contributed by atoms with Crippen LogP contribution < -0.4 is 5.73 Å². The third-order valence-electron chi connectivity index (χ3n) is 1.89. The lowest BCUT2D eigenvalue weighted by atomic mass is 9.85. The number of rotatable bonds is 0. The zero-order valence-electron chi connectivity index (χ0n) is 6.06. The van der Waals surface area contributed by atoms with Gasteiger partial charge in [0.1, 0.15) is 0 Å². The van der Waals surface area contributed by atoms with Gasteiger partial charge in [-0.15, -0.1) is 0 Å². The molecule has 1 aliphatic carbocycles. The van der Waals surface area contributed by atoms with Gasteiger partial charge >= 0.3 is 0 Å². The van der Waals surface area contributed by atoms with Crippen LogP contribution in [0.4, 0.5) is 0 Å². The summed E-state index contributed by atoms with van der Waals surface area (Å²) in [5.41, 5.74) is 7.09. The molecule has 0 amide bonds. The van der Waals surface area contributed by atoms with Crippen LogP contribution in [0, 0.1) is 5.92 Å². The van der Waals surface area contributed by atoms with Crippen LogP contribution in [-0.2, 0) is 0 Å². The second kappa shape index (κ2) is 2.53. The van der Waals surface area contributed by atoms with E-state index in [2.05, 4.69) is 13.5 Å². The minimum Gasteiger partial charge on any atom is -0.327 e. The predicted molar refractivity (Wildman–Crippen MR) is 42.2 cm³/mol. The summed E-state index contributed by atoms with van der Waals surface area (Å²) in [5, 5.41) is 0. The van der Waals surface area contributed by atoms with Gasteiger partial charge in [0.25, 0.3) is 0 Å². The first kappa shape index (κ1) is 6.81. The topological polar surface area (TPSA) is 26.0 Å². The van der Waals surface area contributed by atoms with E-state index in [1.165, 1.54) is 18.4 Å². The second-order valence-electron chi connectivity index (χ2n) is 3.26. The van der Waals surface area contributed by atoms with Gasteiger partial charge in [-0.25, -0.2) is 0 Å². The van der Waals surface area contributed by atoms with E-state index >= 15 is 0 Å². The smallest absolute Gasteiger partial charge is 0.00786 e.